The van der Waals surface area contributed by atoms with Crippen molar-refractivity contribution in [2.75, 3.05) is 22.3 Å². The highest BCUT2D eigenvalue weighted by Gasteiger charge is 2.31. The van der Waals surface area contributed by atoms with Crippen LogP contribution in [0, 0.1) is 10.1 Å². The molecule has 0 aliphatic carbocycles. The highest BCUT2D eigenvalue weighted by molar-refractivity contribution is 7.99. The van der Waals surface area contributed by atoms with Gasteiger partial charge in [-0.1, -0.05) is 23.4 Å². The zero-order chi connectivity index (χ0) is 24.9. The van der Waals surface area contributed by atoms with E-state index in [1.165, 1.54) is 30.5 Å². The van der Waals surface area contributed by atoms with Crippen LogP contribution in [-0.2, 0) is 11.0 Å². The summed E-state index contributed by atoms with van der Waals surface area (Å²) in [5.74, 6) is 5.00. The molecule has 178 valence electrons. The Labute approximate surface area is 198 Å². The SMILES string of the molecule is Nn1c(N/N=C/c2ccc([N+](=O)[O-])cc2)nnc1SCC(=O)Nc1cc(C(F)(F)F)ccc1Cl. The van der Waals surface area contributed by atoms with Gasteiger partial charge in [-0.15, -0.1) is 10.2 Å². The summed E-state index contributed by atoms with van der Waals surface area (Å²) in [6.07, 6.45) is -3.21. The second-order valence-corrected chi connectivity index (χ2v) is 7.77. The Morgan fingerprint density at radius 3 is 2.62 bits per heavy atom. The summed E-state index contributed by atoms with van der Waals surface area (Å²) >= 11 is 6.74. The van der Waals surface area contributed by atoms with Gasteiger partial charge < -0.3 is 11.2 Å². The van der Waals surface area contributed by atoms with Crippen molar-refractivity contribution < 1.29 is 22.9 Å². The maximum Gasteiger partial charge on any atom is 0.416 e. The second kappa shape index (κ2) is 10.4. The maximum atomic E-state index is 12.9. The van der Waals surface area contributed by atoms with Gasteiger partial charge >= 0.3 is 6.18 Å². The number of non-ortho nitro benzene ring substituents is 1. The van der Waals surface area contributed by atoms with E-state index in [0.717, 1.165) is 34.6 Å². The number of nitrogens with one attached hydrogen (secondary N) is 2. The zero-order valence-corrected chi connectivity index (χ0v) is 18.4. The average molecular weight is 515 g/mol. The summed E-state index contributed by atoms with van der Waals surface area (Å²) in [6, 6.07) is 8.21. The van der Waals surface area contributed by atoms with Crippen LogP contribution >= 0.6 is 23.4 Å². The number of nitro benzene ring substituents is 1. The third-order valence-corrected chi connectivity index (χ3v) is 5.32. The Morgan fingerprint density at radius 1 is 1.26 bits per heavy atom. The van der Waals surface area contributed by atoms with Crippen molar-refractivity contribution >= 4 is 52.8 Å². The molecule has 1 heterocycles. The first-order valence-corrected chi connectivity index (χ1v) is 10.4. The fourth-order valence-corrected chi connectivity index (χ4v) is 3.23. The molecule has 0 saturated carbocycles. The maximum absolute atomic E-state index is 12.9. The van der Waals surface area contributed by atoms with Crippen molar-refractivity contribution in [1.29, 1.82) is 0 Å². The highest BCUT2D eigenvalue weighted by Crippen LogP contribution is 2.34. The van der Waals surface area contributed by atoms with Crippen LogP contribution in [0.1, 0.15) is 11.1 Å². The number of alkyl halides is 3. The van der Waals surface area contributed by atoms with Gasteiger partial charge in [0.05, 0.1) is 33.2 Å². The molecule has 0 fully saturated rings. The molecule has 2 aromatic carbocycles. The van der Waals surface area contributed by atoms with Gasteiger partial charge in [0.2, 0.25) is 11.1 Å². The van der Waals surface area contributed by atoms with Crippen LogP contribution in [0.15, 0.2) is 52.7 Å². The number of nitrogens with zero attached hydrogens (tertiary/aromatic N) is 5. The van der Waals surface area contributed by atoms with Crippen LogP contribution in [-0.4, -0.2) is 37.7 Å². The Kier molecular flexibility index (Phi) is 7.57. The third kappa shape index (κ3) is 6.35. The number of nitro groups is 1. The molecule has 0 saturated heterocycles. The van der Waals surface area contributed by atoms with Gasteiger partial charge in [0, 0.05) is 12.1 Å². The Bertz CT molecular complexity index is 1230. The molecule has 0 unspecified atom stereocenters. The number of thioether (sulfide) groups is 1. The molecule has 0 atom stereocenters. The van der Waals surface area contributed by atoms with Crippen LogP contribution in [0.25, 0.3) is 0 Å². The van der Waals surface area contributed by atoms with Crippen LogP contribution in [0.2, 0.25) is 5.02 Å². The molecule has 34 heavy (non-hydrogen) atoms. The number of aromatic nitrogens is 3. The molecule has 4 N–H and O–H groups in total. The Morgan fingerprint density at radius 2 is 1.97 bits per heavy atom. The molecular formula is C18H14ClF3N8O3S. The molecule has 3 rings (SSSR count). The number of hydrazone groups is 1. The molecule has 0 radical (unpaired) electrons. The molecule has 0 spiro atoms. The van der Waals surface area contributed by atoms with E-state index in [1.807, 2.05) is 0 Å². The highest BCUT2D eigenvalue weighted by atomic mass is 35.5. The summed E-state index contributed by atoms with van der Waals surface area (Å²) in [7, 11) is 0. The van der Waals surface area contributed by atoms with Crippen molar-refractivity contribution in [1.82, 2.24) is 14.9 Å². The van der Waals surface area contributed by atoms with E-state index in [1.54, 1.807) is 0 Å². The number of rotatable bonds is 8. The fourth-order valence-electron chi connectivity index (χ4n) is 2.41. The van der Waals surface area contributed by atoms with Gasteiger partial charge in [-0.2, -0.15) is 18.3 Å². The van der Waals surface area contributed by atoms with Crippen molar-refractivity contribution in [2.45, 2.75) is 11.3 Å². The van der Waals surface area contributed by atoms with E-state index in [2.05, 4.69) is 26.0 Å². The van der Waals surface area contributed by atoms with E-state index in [9.17, 15) is 28.1 Å². The number of carbonyl (C=O) groups excluding carboxylic acids is 1. The molecule has 1 amide bonds. The normalized spacial score (nSPS) is 11.5. The Hall–Kier alpha value is -3.85. The molecule has 11 nitrogen and oxygen atoms in total. The Balaban J connectivity index is 1.56. The summed E-state index contributed by atoms with van der Waals surface area (Å²) in [6.45, 7) is 0. The fraction of sp³-hybridized carbons (Fsp3) is 0.111. The lowest BCUT2D eigenvalue weighted by atomic mass is 10.2. The predicted molar refractivity (Wildman–Crippen MR) is 120 cm³/mol. The first-order valence-electron chi connectivity index (χ1n) is 9.08. The summed E-state index contributed by atoms with van der Waals surface area (Å²) in [4.78, 5) is 22.3. The monoisotopic (exact) mass is 514 g/mol. The summed E-state index contributed by atoms with van der Waals surface area (Å²) in [5, 5.41) is 24.5. The molecule has 1 aromatic heterocycles. The van der Waals surface area contributed by atoms with Crippen LogP contribution in [0.4, 0.5) is 30.5 Å². The van der Waals surface area contributed by atoms with E-state index < -0.39 is 22.6 Å². The van der Waals surface area contributed by atoms with Crippen LogP contribution < -0.4 is 16.6 Å². The number of anilines is 2. The quantitative estimate of drug-likeness (QED) is 0.135. The number of hydrogen-bond donors (Lipinski definition) is 3. The van der Waals surface area contributed by atoms with Crippen molar-refractivity contribution in [2.24, 2.45) is 5.10 Å². The number of halogens is 4. The number of carbonyl (C=O) groups is 1. The van der Waals surface area contributed by atoms with Crippen molar-refractivity contribution in [3.63, 3.8) is 0 Å². The van der Waals surface area contributed by atoms with E-state index >= 15 is 0 Å². The number of amides is 1. The van der Waals surface area contributed by atoms with Gasteiger partial charge in [-0.25, -0.2) is 10.1 Å². The predicted octanol–water partition coefficient (Wildman–Crippen LogP) is 3.75. The van der Waals surface area contributed by atoms with Crippen molar-refractivity contribution in [3.05, 3.63) is 68.7 Å². The lowest BCUT2D eigenvalue weighted by molar-refractivity contribution is -0.384. The number of hydrogen-bond acceptors (Lipinski definition) is 9. The van der Waals surface area contributed by atoms with Gasteiger partial charge in [0.25, 0.3) is 11.6 Å². The first-order chi connectivity index (χ1) is 16.0. The molecule has 0 bridgehead atoms. The first kappa shape index (κ1) is 24.8. The van der Waals surface area contributed by atoms with Gasteiger partial charge in [0.1, 0.15) is 0 Å². The average Bonchev–Trinajstić information content (AvgIpc) is 3.13. The molecule has 3 aromatic rings. The minimum Gasteiger partial charge on any atom is -0.334 e. The molecule has 0 aliphatic rings. The van der Waals surface area contributed by atoms with E-state index in [4.69, 9.17) is 17.4 Å². The topological polar surface area (TPSA) is 153 Å². The van der Waals surface area contributed by atoms with E-state index in [0.29, 0.717) is 5.56 Å². The molecular weight excluding hydrogens is 501 g/mol. The minimum atomic E-state index is -4.58. The number of nitrogens with two attached hydrogens (primary N) is 1. The lowest BCUT2D eigenvalue weighted by Gasteiger charge is -2.11. The standard InChI is InChI=1S/C18H14ClF3N8O3S/c19-13-6-3-11(18(20,21)22)7-14(13)25-15(31)9-34-17-28-27-16(29(17)23)26-24-8-10-1-4-12(5-2-10)30(32)33/h1-8H,9,23H2,(H,25,31)(H,26,27)/b24-8+. The largest absolute Gasteiger partial charge is 0.416 e. The second-order valence-electron chi connectivity index (χ2n) is 6.42. The lowest BCUT2D eigenvalue weighted by Crippen LogP contribution is -2.17. The van der Waals surface area contributed by atoms with Crippen molar-refractivity contribution in [3.8, 4) is 0 Å². The van der Waals surface area contributed by atoms with Gasteiger partial charge in [0.15, 0.2) is 0 Å². The minimum absolute atomic E-state index is 0.0296. The number of nitrogen functional groups attached to an aromatic ring is 1. The molecule has 16 heteroatoms. The zero-order valence-electron chi connectivity index (χ0n) is 16.8. The van der Waals surface area contributed by atoms with Crippen LogP contribution in [0.5, 0.6) is 0 Å². The molecule has 0 aliphatic heterocycles. The summed E-state index contributed by atoms with van der Waals surface area (Å²) < 4.78 is 39.6. The number of benzene rings is 2. The van der Waals surface area contributed by atoms with E-state index in [-0.39, 0.29) is 33.3 Å². The van der Waals surface area contributed by atoms with Gasteiger partial charge in [-0.05, 0) is 35.9 Å². The van der Waals surface area contributed by atoms with Crippen LogP contribution in [0.3, 0.4) is 0 Å². The smallest absolute Gasteiger partial charge is 0.334 e. The summed E-state index contributed by atoms with van der Waals surface area (Å²) in [5.41, 5.74) is 1.91. The third-order valence-electron chi connectivity index (χ3n) is 4.05. The van der Waals surface area contributed by atoms with Gasteiger partial charge in [-0.3, -0.25) is 14.9 Å².